The second kappa shape index (κ2) is 7.03. The Morgan fingerprint density at radius 1 is 1.12 bits per heavy atom. The van der Waals surface area contributed by atoms with Gasteiger partial charge in [-0.1, -0.05) is 0 Å². The number of benzene rings is 1. The number of nitrogens with one attached hydrogen (secondary N) is 2. The molecule has 1 fully saturated rings. The first-order valence-corrected chi connectivity index (χ1v) is 8.67. The smallest absolute Gasteiger partial charge is 0.162 e. The van der Waals surface area contributed by atoms with E-state index in [0.717, 1.165) is 28.3 Å². The largest absolute Gasteiger partial charge is 0.486 e. The topological polar surface area (TPSA) is 88.6 Å². The number of aromatic nitrogens is 2. The van der Waals surface area contributed by atoms with Crippen LogP contribution in [0.4, 0.5) is 0 Å². The molecule has 2 aromatic rings. The van der Waals surface area contributed by atoms with Gasteiger partial charge in [0.1, 0.15) is 13.2 Å². The molecule has 2 aliphatic rings. The number of aromatic amines is 1. The third-order valence-electron chi connectivity index (χ3n) is 4.74. The van der Waals surface area contributed by atoms with Gasteiger partial charge in [0.05, 0.1) is 17.5 Å². The molecule has 0 saturated carbocycles. The van der Waals surface area contributed by atoms with Gasteiger partial charge in [0, 0.05) is 50.3 Å². The highest BCUT2D eigenvalue weighted by molar-refractivity contribution is 5.66. The van der Waals surface area contributed by atoms with Crippen LogP contribution in [0.1, 0.15) is 18.4 Å². The third-order valence-corrected chi connectivity index (χ3v) is 4.74. The van der Waals surface area contributed by atoms with Crippen LogP contribution >= 0.6 is 0 Å². The Labute approximate surface area is 146 Å². The summed E-state index contributed by atoms with van der Waals surface area (Å²) in [6.45, 7) is 3.56. The fourth-order valence-electron chi connectivity index (χ4n) is 3.25. The van der Waals surface area contributed by atoms with E-state index in [2.05, 4.69) is 15.5 Å². The van der Waals surface area contributed by atoms with Gasteiger partial charge in [0.2, 0.25) is 0 Å². The van der Waals surface area contributed by atoms with Gasteiger partial charge in [-0.25, -0.2) is 0 Å². The summed E-state index contributed by atoms with van der Waals surface area (Å²) >= 11 is 0. The van der Waals surface area contributed by atoms with E-state index in [1.54, 1.807) is 0 Å². The molecule has 7 heteroatoms. The predicted molar refractivity (Wildman–Crippen MR) is 91.7 cm³/mol. The molecule has 3 heterocycles. The van der Waals surface area contributed by atoms with E-state index in [9.17, 15) is 5.11 Å². The molecule has 7 nitrogen and oxygen atoms in total. The Balaban J connectivity index is 1.44. The maximum Gasteiger partial charge on any atom is 0.162 e. The van der Waals surface area contributed by atoms with Crippen LogP contribution < -0.4 is 14.8 Å². The predicted octanol–water partition coefficient (Wildman–Crippen LogP) is 1.48. The van der Waals surface area contributed by atoms with Crippen molar-refractivity contribution in [3.8, 4) is 22.8 Å². The summed E-state index contributed by atoms with van der Waals surface area (Å²) in [7, 11) is 0. The number of nitrogens with zero attached hydrogens (tertiary/aromatic N) is 1. The highest BCUT2D eigenvalue weighted by Crippen LogP contribution is 2.34. The number of rotatable bonds is 5. The van der Waals surface area contributed by atoms with E-state index < -0.39 is 5.60 Å². The first kappa shape index (κ1) is 16.4. The summed E-state index contributed by atoms with van der Waals surface area (Å²) in [4.78, 5) is 0. The van der Waals surface area contributed by atoms with Gasteiger partial charge in [-0.3, -0.25) is 5.10 Å². The first-order valence-electron chi connectivity index (χ1n) is 8.67. The molecule has 4 rings (SSSR count). The van der Waals surface area contributed by atoms with Crippen molar-refractivity contribution in [2.24, 2.45) is 0 Å². The minimum Gasteiger partial charge on any atom is -0.486 e. The Morgan fingerprint density at radius 2 is 1.92 bits per heavy atom. The highest BCUT2D eigenvalue weighted by atomic mass is 16.6. The van der Waals surface area contributed by atoms with E-state index >= 15 is 0 Å². The van der Waals surface area contributed by atoms with Crippen molar-refractivity contribution >= 4 is 0 Å². The summed E-state index contributed by atoms with van der Waals surface area (Å²) in [5.41, 5.74) is 2.32. The molecular formula is C18H23N3O4. The minimum atomic E-state index is -0.681. The Hall–Kier alpha value is -2.09. The van der Waals surface area contributed by atoms with Crippen LogP contribution in [-0.4, -0.2) is 53.9 Å². The number of H-pyrrole nitrogens is 1. The number of fused-ring (bicyclic) bond motifs is 1. The molecule has 1 aromatic heterocycles. The molecule has 0 bridgehead atoms. The summed E-state index contributed by atoms with van der Waals surface area (Å²) in [6, 6.07) is 5.89. The van der Waals surface area contributed by atoms with Crippen molar-refractivity contribution in [2.75, 3.05) is 33.0 Å². The van der Waals surface area contributed by atoms with Crippen LogP contribution in [0.15, 0.2) is 24.4 Å². The van der Waals surface area contributed by atoms with Crippen LogP contribution in [0.5, 0.6) is 11.5 Å². The third kappa shape index (κ3) is 3.63. The van der Waals surface area contributed by atoms with Gasteiger partial charge < -0.3 is 24.6 Å². The van der Waals surface area contributed by atoms with E-state index in [1.165, 1.54) is 0 Å². The van der Waals surface area contributed by atoms with E-state index in [-0.39, 0.29) is 0 Å². The van der Waals surface area contributed by atoms with Gasteiger partial charge in [-0.05, 0) is 18.2 Å². The van der Waals surface area contributed by atoms with Gasteiger partial charge in [0.25, 0.3) is 0 Å². The summed E-state index contributed by atoms with van der Waals surface area (Å²) in [5.74, 6) is 1.53. The molecule has 134 valence electrons. The van der Waals surface area contributed by atoms with Crippen molar-refractivity contribution in [1.29, 1.82) is 0 Å². The van der Waals surface area contributed by atoms with E-state index in [0.29, 0.717) is 52.4 Å². The molecule has 1 aromatic carbocycles. The van der Waals surface area contributed by atoms with Crippen LogP contribution in [0.2, 0.25) is 0 Å². The second-order valence-corrected chi connectivity index (χ2v) is 6.57. The zero-order valence-electron chi connectivity index (χ0n) is 14.1. The van der Waals surface area contributed by atoms with Gasteiger partial charge in [-0.2, -0.15) is 5.10 Å². The van der Waals surface area contributed by atoms with Crippen LogP contribution in [0.3, 0.4) is 0 Å². The second-order valence-electron chi connectivity index (χ2n) is 6.57. The lowest BCUT2D eigenvalue weighted by molar-refractivity contribution is -0.0616. The van der Waals surface area contributed by atoms with Gasteiger partial charge >= 0.3 is 0 Å². The number of hydrogen-bond acceptors (Lipinski definition) is 6. The van der Waals surface area contributed by atoms with Crippen molar-refractivity contribution in [3.63, 3.8) is 0 Å². The molecule has 0 unspecified atom stereocenters. The molecule has 2 aliphatic heterocycles. The van der Waals surface area contributed by atoms with E-state index in [1.807, 2.05) is 24.4 Å². The van der Waals surface area contributed by atoms with Crippen molar-refractivity contribution in [2.45, 2.75) is 25.0 Å². The fraction of sp³-hybridized carbons (Fsp3) is 0.500. The molecule has 0 aliphatic carbocycles. The maximum atomic E-state index is 10.5. The first-order chi connectivity index (χ1) is 12.2. The number of ether oxygens (including phenoxy) is 3. The maximum absolute atomic E-state index is 10.5. The molecule has 3 N–H and O–H groups in total. The molecule has 25 heavy (non-hydrogen) atoms. The highest BCUT2D eigenvalue weighted by Gasteiger charge is 2.29. The van der Waals surface area contributed by atoms with Gasteiger partial charge in [-0.15, -0.1) is 0 Å². The summed E-state index contributed by atoms with van der Waals surface area (Å²) in [6.07, 6.45) is 3.15. The number of aliphatic hydroxyl groups is 1. The Bertz CT molecular complexity index is 725. The lowest BCUT2D eigenvalue weighted by atomic mass is 9.94. The zero-order chi connectivity index (χ0) is 17.1. The lowest BCUT2D eigenvalue weighted by Crippen LogP contribution is -2.44. The SMILES string of the molecule is OC1(CNCc2cn[nH]c2-c2ccc3c(c2)OCCO3)CCOCC1. The van der Waals surface area contributed by atoms with Crippen LogP contribution in [-0.2, 0) is 11.3 Å². The Kier molecular flexibility index (Phi) is 4.61. The molecule has 0 amide bonds. The van der Waals surface area contributed by atoms with Crippen molar-refractivity contribution in [1.82, 2.24) is 15.5 Å². The average molecular weight is 345 g/mol. The van der Waals surface area contributed by atoms with E-state index in [4.69, 9.17) is 14.2 Å². The van der Waals surface area contributed by atoms with Crippen molar-refractivity contribution in [3.05, 3.63) is 30.0 Å². The standard InChI is InChI=1S/C18H23N3O4/c22-18(3-5-23-6-4-18)12-19-10-14-11-20-21-17(14)13-1-2-15-16(9-13)25-8-7-24-15/h1-2,9,11,19,22H,3-8,10,12H2,(H,20,21). The van der Waals surface area contributed by atoms with Crippen LogP contribution in [0, 0.1) is 0 Å². The molecule has 0 spiro atoms. The molecular weight excluding hydrogens is 322 g/mol. The molecule has 0 radical (unpaired) electrons. The summed E-state index contributed by atoms with van der Waals surface area (Å²) < 4.78 is 16.5. The normalized spacial score (nSPS) is 18.9. The number of hydrogen-bond donors (Lipinski definition) is 3. The molecule has 0 atom stereocenters. The summed E-state index contributed by atoms with van der Waals surface area (Å²) in [5, 5.41) is 21.1. The minimum absolute atomic E-state index is 0.544. The zero-order valence-corrected chi connectivity index (χ0v) is 14.1. The quantitative estimate of drug-likeness (QED) is 0.761. The van der Waals surface area contributed by atoms with Crippen molar-refractivity contribution < 1.29 is 19.3 Å². The lowest BCUT2D eigenvalue weighted by Gasteiger charge is -2.32. The monoisotopic (exact) mass is 345 g/mol. The van der Waals surface area contributed by atoms with Gasteiger partial charge in [0.15, 0.2) is 11.5 Å². The van der Waals surface area contributed by atoms with Crippen LogP contribution in [0.25, 0.3) is 11.3 Å². The Morgan fingerprint density at radius 3 is 2.76 bits per heavy atom. The average Bonchev–Trinajstić information content (AvgIpc) is 3.10. The molecule has 1 saturated heterocycles. The fourth-order valence-corrected chi connectivity index (χ4v) is 3.25.